The number of benzene rings is 2. The first-order chi connectivity index (χ1) is 14.0. The Balaban J connectivity index is 1.50. The summed E-state index contributed by atoms with van der Waals surface area (Å²) in [5, 5.41) is 0. The highest BCUT2D eigenvalue weighted by molar-refractivity contribution is 9.10. The number of rotatable bonds is 4. The molecule has 2 aromatic carbocycles. The Morgan fingerprint density at radius 1 is 0.931 bits per heavy atom. The molecule has 2 aliphatic rings. The summed E-state index contributed by atoms with van der Waals surface area (Å²) in [4.78, 5) is 15.6. The number of likely N-dealkylation sites (tertiary alicyclic amines) is 1. The third-order valence-corrected chi connectivity index (χ3v) is 8.31. The van der Waals surface area contributed by atoms with Gasteiger partial charge in [0.25, 0.3) is 0 Å². The molecule has 0 bridgehead atoms. The number of carbonyl (C=O) groups excluding carboxylic acids is 1. The molecular weight excluding hydrogens is 452 g/mol. The zero-order chi connectivity index (χ0) is 20.4. The van der Waals surface area contributed by atoms with E-state index in [4.69, 9.17) is 0 Å². The minimum absolute atomic E-state index is 0.0803. The van der Waals surface area contributed by atoms with Gasteiger partial charge in [-0.3, -0.25) is 4.79 Å². The average Bonchev–Trinajstić information content (AvgIpc) is 3.24. The minimum atomic E-state index is -3.57. The van der Waals surface area contributed by atoms with E-state index in [9.17, 15) is 13.2 Å². The molecule has 0 saturated carbocycles. The number of hydrogen-bond donors (Lipinski definition) is 0. The quantitative estimate of drug-likeness (QED) is 0.663. The molecule has 2 heterocycles. The second-order valence-electron chi connectivity index (χ2n) is 7.76. The first kappa shape index (κ1) is 20.6. The lowest BCUT2D eigenvalue weighted by Gasteiger charge is -2.35. The molecule has 2 aliphatic heterocycles. The lowest BCUT2D eigenvalue weighted by atomic mass is 9.96. The lowest BCUT2D eigenvalue weighted by Crippen LogP contribution is -2.46. The van der Waals surface area contributed by atoms with E-state index < -0.39 is 10.0 Å². The van der Waals surface area contributed by atoms with Crippen LogP contribution in [0.3, 0.4) is 0 Å². The molecule has 7 heteroatoms. The minimum Gasteiger partial charge on any atom is -0.335 e. The summed E-state index contributed by atoms with van der Waals surface area (Å²) in [6.07, 6.45) is 3.37. The van der Waals surface area contributed by atoms with Crippen molar-refractivity contribution in [2.45, 2.75) is 36.6 Å². The highest BCUT2D eigenvalue weighted by Gasteiger charge is 2.38. The van der Waals surface area contributed by atoms with E-state index in [1.807, 2.05) is 17.0 Å². The predicted octanol–water partition coefficient (Wildman–Crippen LogP) is 4.21. The van der Waals surface area contributed by atoms with Crippen molar-refractivity contribution >= 4 is 31.9 Å². The average molecular weight is 477 g/mol. The summed E-state index contributed by atoms with van der Waals surface area (Å²) in [6.45, 7) is 1.47. The van der Waals surface area contributed by atoms with Crippen LogP contribution < -0.4 is 0 Å². The molecular formula is C22H25BrN2O3S. The Kier molecular flexibility index (Phi) is 6.08. The lowest BCUT2D eigenvalue weighted by molar-refractivity contribution is -0.137. The Bertz CT molecular complexity index is 963. The van der Waals surface area contributed by atoms with E-state index in [1.54, 1.807) is 30.3 Å². The van der Waals surface area contributed by atoms with Crippen molar-refractivity contribution in [1.82, 2.24) is 9.21 Å². The third kappa shape index (κ3) is 4.27. The van der Waals surface area contributed by atoms with Gasteiger partial charge in [0.2, 0.25) is 15.9 Å². The molecule has 2 fully saturated rings. The van der Waals surface area contributed by atoms with Gasteiger partial charge in [-0.25, -0.2) is 8.42 Å². The van der Waals surface area contributed by atoms with Gasteiger partial charge in [-0.05, 0) is 55.5 Å². The number of sulfonamides is 1. The van der Waals surface area contributed by atoms with Crippen LogP contribution in [0.5, 0.6) is 0 Å². The highest BCUT2D eigenvalue weighted by atomic mass is 79.9. The van der Waals surface area contributed by atoms with Gasteiger partial charge in [-0.2, -0.15) is 4.31 Å². The fraction of sp³-hybridized carbons (Fsp3) is 0.409. The van der Waals surface area contributed by atoms with Crippen molar-refractivity contribution in [3.63, 3.8) is 0 Å². The Hall–Kier alpha value is -1.70. The fourth-order valence-electron chi connectivity index (χ4n) is 4.40. The summed E-state index contributed by atoms with van der Waals surface area (Å²) in [7, 11) is -3.57. The van der Waals surface area contributed by atoms with E-state index in [2.05, 4.69) is 28.1 Å². The second kappa shape index (κ2) is 8.58. The molecule has 5 nitrogen and oxygen atoms in total. The predicted molar refractivity (Wildman–Crippen MR) is 116 cm³/mol. The molecule has 0 radical (unpaired) electrons. The van der Waals surface area contributed by atoms with Crippen molar-refractivity contribution in [2.24, 2.45) is 5.92 Å². The summed E-state index contributed by atoms with van der Waals surface area (Å²) in [5.74, 6) is -0.193. The summed E-state index contributed by atoms with van der Waals surface area (Å²) in [6, 6.07) is 16.7. The molecule has 2 aromatic rings. The van der Waals surface area contributed by atoms with Gasteiger partial charge >= 0.3 is 0 Å². The van der Waals surface area contributed by atoms with E-state index in [1.165, 1.54) is 4.31 Å². The molecule has 154 valence electrons. The first-order valence-electron chi connectivity index (χ1n) is 10.1. The third-order valence-electron chi connectivity index (χ3n) is 5.91. The molecule has 2 unspecified atom stereocenters. The number of piperidine rings is 1. The van der Waals surface area contributed by atoms with Crippen LogP contribution >= 0.6 is 15.9 Å². The van der Waals surface area contributed by atoms with Crippen molar-refractivity contribution in [3.05, 3.63) is 64.6 Å². The van der Waals surface area contributed by atoms with Gasteiger partial charge in [0, 0.05) is 24.1 Å². The fourth-order valence-corrected chi connectivity index (χ4v) is 6.21. The zero-order valence-electron chi connectivity index (χ0n) is 16.2. The maximum atomic E-state index is 13.4. The van der Waals surface area contributed by atoms with Crippen LogP contribution in [0.2, 0.25) is 0 Å². The Morgan fingerprint density at radius 2 is 1.62 bits per heavy atom. The number of carbonyl (C=O) groups is 1. The van der Waals surface area contributed by atoms with Crippen LogP contribution in [0.1, 0.15) is 37.3 Å². The number of halogens is 1. The molecule has 1 amide bonds. The van der Waals surface area contributed by atoms with E-state index in [-0.39, 0.29) is 24.4 Å². The summed E-state index contributed by atoms with van der Waals surface area (Å²) in [5.41, 5.74) is 1.14. The summed E-state index contributed by atoms with van der Waals surface area (Å²) < 4.78 is 28.5. The van der Waals surface area contributed by atoms with Gasteiger partial charge in [0.05, 0.1) is 16.9 Å². The SMILES string of the molecule is O=C(C1CCCN(S(=O)(=O)c2ccccc2)C1)N1CCCC1c1ccc(Br)cc1. The smallest absolute Gasteiger partial charge is 0.243 e. The summed E-state index contributed by atoms with van der Waals surface area (Å²) >= 11 is 3.46. The van der Waals surface area contributed by atoms with Crippen LogP contribution in [-0.2, 0) is 14.8 Å². The monoisotopic (exact) mass is 476 g/mol. The maximum Gasteiger partial charge on any atom is 0.243 e. The van der Waals surface area contributed by atoms with Crippen LogP contribution in [0, 0.1) is 5.92 Å². The van der Waals surface area contributed by atoms with E-state index >= 15 is 0 Å². The first-order valence-corrected chi connectivity index (χ1v) is 12.3. The number of amides is 1. The largest absolute Gasteiger partial charge is 0.335 e. The van der Waals surface area contributed by atoms with Gasteiger partial charge in [-0.15, -0.1) is 0 Å². The molecule has 0 spiro atoms. The maximum absolute atomic E-state index is 13.4. The molecule has 0 N–H and O–H groups in total. The molecule has 2 atom stereocenters. The standard InChI is InChI=1S/C22H25BrN2O3S/c23-19-12-10-17(11-13-19)21-9-5-15-25(21)22(26)18-6-4-14-24(16-18)29(27,28)20-7-2-1-3-8-20/h1-3,7-8,10-13,18,21H,4-6,9,14-16H2. The van der Waals surface area contributed by atoms with E-state index in [0.717, 1.165) is 35.8 Å². The van der Waals surface area contributed by atoms with Crippen LogP contribution in [-0.4, -0.2) is 43.2 Å². The van der Waals surface area contributed by atoms with Crippen molar-refractivity contribution in [2.75, 3.05) is 19.6 Å². The molecule has 0 aliphatic carbocycles. The van der Waals surface area contributed by atoms with Crippen molar-refractivity contribution in [3.8, 4) is 0 Å². The number of hydrogen-bond acceptors (Lipinski definition) is 3. The highest BCUT2D eigenvalue weighted by Crippen LogP contribution is 2.35. The van der Waals surface area contributed by atoms with Gasteiger partial charge in [-0.1, -0.05) is 46.3 Å². The second-order valence-corrected chi connectivity index (χ2v) is 10.6. The van der Waals surface area contributed by atoms with Crippen LogP contribution in [0.4, 0.5) is 0 Å². The molecule has 0 aromatic heterocycles. The molecule has 2 saturated heterocycles. The topological polar surface area (TPSA) is 57.7 Å². The zero-order valence-corrected chi connectivity index (χ0v) is 18.6. The van der Waals surface area contributed by atoms with Crippen molar-refractivity contribution in [1.29, 1.82) is 0 Å². The van der Waals surface area contributed by atoms with E-state index in [0.29, 0.717) is 17.9 Å². The molecule has 4 rings (SSSR count). The van der Waals surface area contributed by atoms with Crippen LogP contribution in [0.25, 0.3) is 0 Å². The van der Waals surface area contributed by atoms with Crippen molar-refractivity contribution < 1.29 is 13.2 Å². The molecule has 29 heavy (non-hydrogen) atoms. The van der Waals surface area contributed by atoms with Gasteiger partial charge < -0.3 is 4.90 Å². The van der Waals surface area contributed by atoms with Gasteiger partial charge in [0.15, 0.2) is 0 Å². The Labute approximate surface area is 180 Å². The van der Waals surface area contributed by atoms with Gasteiger partial charge in [0.1, 0.15) is 0 Å². The van der Waals surface area contributed by atoms with Crippen LogP contribution in [0.15, 0.2) is 64.0 Å². The normalized spacial score (nSPS) is 23.3. The Morgan fingerprint density at radius 3 is 2.34 bits per heavy atom. The number of nitrogens with zero attached hydrogens (tertiary/aromatic N) is 2.